The molecule has 0 aliphatic carbocycles. The summed E-state index contributed by atoms with van der Waals surface area (Å²) < 4.78 is 4.95. The van der Waals surface area contributed by atoms with E-state index in [-0.39, 0.29) is 11.9 Å². The second-order valence-corrected chi connectivity index (χ2v) is 3.66. The molecular formula is C10H19NO2. The summed E-state index contributed by atoms with van der Waals surface area (Å²) in [5.41, 5.74) is 0. The Labute approximate surface area is 80.1 Å². The summed E-state index contributed by atoms with van der Waals surface area (Å²) in [5, 5.41) is 0. The van der Waals surface area contributed by atoms with Gasteiger partial charge in [0.15, 0.2) is 0 Å². The number of nitrogens with zero attached hydrogens (tertiary/aromatic N) is 1. The van der Waals surface area contributed by atoms with Crippen LogP contribution in [0.4, 0.5) is 0 Å². The first-order valence-corrected chi connectivity index (χ1v) is 5.13. The zero-order valence-electron chi connectivity index (χ0n) is 8.58. The molecule has 0 unspecified atom stereocenters. The van der Waals surface area contributed by atoms with E-state index in [1.165, 1.54) is 12.8 Å². The quantitative estimate of drug-likeness (QED) is 0.618. The van der Waals surface area contributed by atoms with Crippen LogP contribution in [0.3, 0.4) is 0 Å². The Hall–Kier alpha value is -0.570. The molecule has 1 aliphatic heterocycles. The maximum Gasteiger partial charge on any atom is 0.309 e. The largest absolute Gasteiger partial charge is 0.466 e. The van der Waals surface area contributed by atoms with E-state index >= 15 is 0 Å². The van der Waals surface area contributed by atoms with Gasteiger partial charge in [0.25, 0.3) is 0 Å². The zero-order valence-corrected chi connectivity index (χ0v) is 8.58. The van der Waals surface area contributed by atoms with Gasteiger partial charge < -0.3 is 9.64 Å². The fraction of sp³-hybridized carbons (Fsp3) is 0.900. The summed E-state index contributed by atoms with van der Waals surface area (Å²) >= 11 is 0. The lowest BCUT2D eigenvalue weighted by Gasteiger charge is -2.18. The van der Waals surface area contributed by atoms with Gasteiger partial charge >= 0.3 is 5.97 Å². The van der Waals surface area contributed by atoms with Crippen LogP contribution in [-0.2, 0) is 9.53 Å². The molecule has 76 valence electrons. The number of rotatable bonds is 4. The highest BCUT2D eigenvalue weighted by Crippen LogP contribution is 2.10. The molecule has 0 aromatic carbocycles. The number of ether oxygens (including phenoxy) is 1. The van der Waals surface area contributed by atoms with E-state index in [0.717, 1.165) is 19.6 Å². The van der Waals surface area contributed by atoms with Crippen LogP contribution in [0, 0.1) is 5.92 Å². The highest BCUT2D eigenvalue weighted by molar-refractivity contribution is 5.72. The van der Waals surface area contributed by atoms with Gasteiger partial charge in [-0.3, -0.25) is 4.79 Å². The van der Waals surface area contributed by atoms with Gasteiger partial charge in [-0.2, -0.15) is 0 Å². The molecular weight excluding hydrogens is 166 g/mol. The Kier molecular flexibility index (Phi) is 4.22. The molecule has 1 aliphatic rings. The van der Waals surface area contributed by atoms with Crippen LogP contribution in [0.15, 0.2) is 0 Å². The van der Waals surface area contributed by atoms with Crippen molar-refractivity contribution in [3.8, 4) is 0 Å². The molecule has 1 rings (SSSR count). The summed E-state index contributed by atoms with van der Waals surface area (Å²) in [4.78, 5) is 13.6. The maximum absolute atomic E-state index is 11.3. The fourth-order valence-corrected chi connectivity index (χ4v) is 1.71. The van der Waals surface area contributed by atoms with Gasteiger partial charge in [-0.05, 0) is 32.9 Å². The van der Waals surface area contributed by atoms with Crippen molar-refractivity contribution in [1.29, 1.82) is 0 Å². The summed E-state index contributed by atoms with van der Waals surface area (Å²) in [6, 6.07) is 0. The number of hydrogen-bond acceptors (Lipinski definition) is 3. The monoisotopic (exact) mass is 185 g/mol. The molecule has 0 amide bonds. The average molecular weight is 185 g/mol. The number of carbonyl (C=O) groups is 1. The number of carbonyl (C=O) groups excluding carboxylic acids is 1. The van der Waals surface area contributed by atoms with Crippen molar-refractivity contribution in [2.75, 3.05) is 26.2 Å². The second kappa shape index (κ2) is 5.22. The molecule has 0 radical (unpaired) electrons. The van der Waals surface area contributed by atoms with Crippen LogP contribution in [0.1, 0.15) is 26.7 Å². The lowest BCUT2D eigenvalue weighted by atomic mass is 10.2. The predicted molar refractivity (Wildman–Crippen MR) is 51.5 cm³/mol. The van der Waals surface area contributed by atoms with Crippen molar-refractivity contribution in [2.24, 2.45) is 5.92 Å². The van der Waals surface area contributed by atoms with Gasteiger partial charge in [0.05, 0.1) is 12.5 Å². The summed E-state index contributed by atoms with van der Waals surface area (Å²) in [6.45, 7) is 7.42. The Morgan fingerprint density at radius 3 is 2.62 bits per heavy atom. The van der Waals surface area contributed by atoms with E-state index in [9.17, 15) is 4.79 Å². The van der Waals surface area contributed by atoms with Crippen LogP contribution in [-0.4, -0.2) is 37.1 Å². The molecule has 1 heterocycles. The lowest BCUT2D eigenvalue weighted by Crippen LogP contribution is -2.30. The second-order valence-electron chi connectivity index (χ2n) is 3.66. The van der Waals surface area contributed by atoms with Crippen LogP contribution in [0.5, 0.6) is 0 Å². The summed E-state index contributed by atoms with van der Waals surface area (Å²) in [5.74, 6) is -0.0348. The van der Waals surface area contributed by atoms with Crippen LogP contribution in [0.25, 0.3) is 0 Å². The maximum atomic E-state index is 11.3. The number of esters is 1. The molecule has 1 atom stereocenters. The number of hydrogen-bond donors (Lipinski definition) is 0. The van der Waals surface area contributed by atoms with Gasteiger partial charge in [0.2, 0.25) is 0 Å². The smallest absolute Gasteiger partial charge is 0.309 e. The van der Waals surface area contributed by atoms with E-state index in [1.807, 2.05) is 13.8 Å². The minimum Gasteiger partial charge on any atom is -0.466 e. The zero-order chi connectivity index (χ0) is 9.68. The third-order valence-corrected chi connectivity index (χ3v) is 2.42. The van der Waals surface area contributed by atoms with Crippen molar-refractivity contribution < 1.29 is 9.53 Å². The molecule has 0 spiro atoms. The predicted octanol–water partition coefficient (Wildman–Crippen LogP) is 1.28. The van der Waals surface area contributed by atoms with Crippen molar-refractivity contribution in [3.05, 3.63) is 0 Å². The molecule has 0 saturated carbocycles. The van der Waals surface area contributed by atoms with Gasteiger partial charge in [0, 0.05) is 6.54 Å². The molecule has 0 bridgehead atoms. The molecule has 0 aromatic rings. The molecule has 1 fully saturated rings. The van der Waals surface area contributed by atoms with Crippen LogP contribution in [0.2, 0.25) is 0 Å². The van der Waals surface area contributed by atoms with E-state index in [2.05, 4.69) is 4.90 Å². The van der Waals surface area contributed by atoms with Crippen molar-refractivity contribution >= 4 is 5.97 Å². The molecule has 3 nitrogen and oxygen atoms in total. The fourth-order valence-electron chi connectivity index (χ4n) is 1.71. The van der Waals surface area contributed by atoms with Gasteiger partial charge in [0.1, 0.15) is 0 Å². The molecule has 0 N–H and O–H groups in total. The standard InChI is InChI=1S/C10H19NO2/c1-3-13-10(12)9(2)8-11-6-4-5-7-11/h9H,3-8H2,1-2H3/t9-/m1/s1. The lowest BCUT2D eigenvalue weighted by molar-refractivity contribution is -0.147. The third-order valence-electron chi connectivity index (χ3n) is 2.42. The highest BCUT2D eigenvalue weighted by atomic mass is 16.5. The molecule has 1 saturated heterocycles. The first-order valence-electron chi connectivity index (χ1n) is 5.13. The number of likely N-dealkylation sites (tertiary alicyclic amines) is 1. The van der Waals surface area contributed by atoms with E-state index in [0.29, 0.717) is 6.61 Å². The van der Waals surface area contributed by atoms with Crippen LogP contribution < -0.4 is 0 Å². The van der Waals surface area contributed by atoms with Crippen molar-refractivity contribution in [3.63, 3.8) is 0 Å². The third kappa shape index (κ3) is 3.35. The van der Waals surface area contributed by atoms with Gasteiger partial charge in [-0.25, -0.2) is 0 Å². The minimum atomic E-state index is -0.0607. The Balaban J connectivity index is 2.22. The van der Waals surface area contributed by atoms with Gasteiger partial charge in [-0.1, -0.05) is 6.92 Å². The minimum absolute atomic E-state index is 0.0260. The molecule has 3 heteroatoms. The highest BCUT2D eigenvalue weighted by Gasteiger charge is 2.19. The Morgan fingerprint density at radius 1 is 1.46 bits per heavy atom. The topological polar surface area (TPSA) is 29.5 Å². The molecule has 0 aromatic heterocycles. The van der Waals surface area contributed by atoms with Gasteiger partial charge in [-0.15, -0.1) is 0 Å². The van der Waals surface area contributed by atoms with Crippen molar-refractivity contribution in [1.82, 2.24) is 4.90 Å². The van der Waals surface area contributed by atoms with E-state index in [4.69, 9.17) is 4.74 Å². The SMILES string of the molecule is CCOC(=O)[C@H](C)CN1CCCC1. The van der Waals surface area contributed by atoms with Crippen molar-refractivity contribution in [2.45, 2.75) is 26.7 Å². The van der Waals surface area contributed by atoms with E-state index in [1.54, 1.807) is 0 Å². The molecule has 13 heavy (non-hydrogen) atoms. The Morgan fingerprint density at radius 2 is 2.08 bits per heavy atom. The normalized spacial score (nSPS) is 20.2. The first kappa shape index (κ1) is 10.5. The average Bonchev–Trinajstić information content (AvgIpc) is 2.57. The van der Waals surface area contributed by atoms with E-state index < -0.39 is 0 Å². The van der Waals surface area contributed by atoms with Crippen LogP contribution >= 0.6 is 0 Å². The summed E-state index contributed by atoms with van der Waals surface area (Å²) in [7, 11) is 0. The summed E-state index contributed by atoms with van der Waals surface area (Å²) in [6.07, 6.45) is 2.55. The first-order chi connectivity index (χ1) is 6.24. The Bertz CT molecular complexity index is 164.